The molecule has 112 valence electrons. The van der Waals surface area contributed by atoms with E-state index in [2.05, 4.69) is 10.2 Å². The summed E-state index contributed by atoms with van der Waals surface area (Å²) in [6.07, 6.45) is 2.45. The average molecular weight is 287 g/mol. The van der Waals surface area contributed by atoms with Crippen LogP contribution in [0.15, 0.2) is 24.3 Å². The first-order valence-corrected chi connectivity index (χ1v) is 7.36. The fourth-order valence-electron chi connectivity index (χ4n) is 2.41. The molecule has 0 bridgehead atoms. The molecule has 0 saturated carbocycles. The maximum Gasteiger partial charge on any atom is 0.234 e. The van der Waals surface area contributed by atoms with E-state index in [0.717, 1.165) is 30.9 Å². The molecule has 0 aliphatic carbocycles. The first-order valence-electron chi connectivity index (χ1n) is 7.36. The second-order valence-corrected chi connectivity index (χ2v) is 5.12. The van der Waals surface area contributed by atoms with E-state index in [1.165, 1.54) is 12.8 Å². The molecule has 0 aromatic heterocycles. The van der Waals surface area contributed by atoms with Crippen molar-refractivity contribution in [2.45, 2.75) is 25.8 Å². The molecule has 1 fully saturated rings. The van der Waals surface area contributed by atoms with Gasteiger partial charge in [0.25, 0.3) is 0 Å². The van der Waals surface area contributed by atoms with E-state index >= 15 is 0 Å². The molecular formula is C16H21N3O2. The van der Waals surface area contributed by atoms with Crippen molar-refractivity contribution in [2.24, 2.45) is 0 Å². The molecule has 5 nitrogen and oxygen atoms in total. The zero-order chi connectivity index (χ0) is 14.9. The summed E-state index contributed by atoms with van der Waals surface area (Å²) in [4.78, 5) is 13.7. The number of nitrogens with zero attached hydrogens (tertiary/aromatic N) is 2. The summed E-state index contributed by atoms with van der Waals surface area (Å²) in [5.74, 6) is 0.540. The fourth-order valence-corrected chi connectivity index (χ4v) is 2.41. The zero-order valence-electron chi connectivity index (χ0n) is 12.2. The highest BCUT2D eigenvalue weighted by Gasteiger charge is 2.11. The topological polar surface area (TPSA) is 65.4 Å². The monoisotopic (exact) mass is 287 g/mol. The molecule has 2 rings (SSSR count). The van der Waals surface area contributed by atoms with Gasteiger partial charge in [-0.25, -0.2) is 0 Å². The van der Waals surface area contributed by atoms with Crippen LogP contribution in [0.5, 0.6) is 5.75 Å². The van der Waals surface area contributed by atoms with Crippen molar-refractivity contribution in [1.29, 1.82) is 5.26 Å². The Labute approximate surface area is 125 Å². The van der Waals surface area contributed by atoms with Crippen molar-refractivity contribution in [3.8, 4) is 11.8 Å². The maximum absolute atomic E-state index is 11.3. The number of likely N-dealkylation sites (tertiary alicyclic amines) is 1. The normalized spacial score (nSPS) is 14.6. The molecule has 0 unspecified atom stereocenters. The predicted octanol–water partition coefficient (Wildman–Crippen LogP) is 1.69. The highest BCUT2D eigenvalue weighted by Crippen LogP contribution is 2.18. The van der Waals surface area contributed by atoms with E-state index in [1.807, 2.05) is 30.3 Å². The Kier molecular flexibility index (Phi) is 6.04. The van der Waals surface area contributed by atoms with Gasteiger partial charge in [0.1, 0.15) is 18.8 Å². The quantitative estimate of drug-likeness (QED) is 0.829. The van der Waals surface area contributed by atoms with Crippen molar-refractivity contribution in [3.63, 3.8) is 0 Å². The first kappa shape index (κ1) is 15.3. The van der Waals surface area contributed by atoms with Crippen molar-refractivity contribution >= 4 is 5.91 Å². The molecule has 1 amide bonds. The standard InChI is InChI=1S/C16H21N3O2/c17-8-7-16(20)18-13-14-5-1-2-6-15(14)21-12-11-19-9-3-4-10-19/h1-2,5-6H,3-4,7,9-13H2,(H,18,20). The van der Waals surface area contributed by atoms with Crippen LogP contribution < -0.4 is 10.1 Å². The Balaban J connectivity index is 1.81. The minimum atomic E-state index is -0.260. The minimum absolute atomic E-state index is 0.113. The zero-order valence-corrected chi connectivity index (χ0v) is 12.2. The Morgan fingerprint density at radius 1 is 1.33 bits per heavy atom. The Morgan fingerprint density at radius 3 is 2.86 bits per heavy atom. The van der Waals surface area contributed by atoms with Gasteiger partial charge >= 0.3 is 0 Å². The molecule has 1 aromatic rings. The lowest BCUT2D eigenvalue weighted by Gasteiger charge is -2.16. The number of hydrogen-bond donors (Lipinski definition) is 1. The highest BCUT2D eigenvalue weighted by atomic mass is 16.5. The second kappa shape index (κ2) is 8.28. The predicted molar refractivity (Wildman–Crippen MR) is 79.7 cm³/mol. The molecule has 1 aliphatic heterocycles. The SMILES string of the molecule is N#CCC(=O)NCc1ccccc1OCCN1CCCC1. The van der Waals surface area contributed by atoms with E-state index < -0.39 is 0 Å². The van der Waals surface area contributed by atoms with Gasteiger partial charge in [-0.15, -0.1) is 0 Å². The first-order chi connectivity index (χ1) is 10.3. The van der Waals surface area contributed by atoms with Crippen LogP contribution >= 0.6 is 0 Å². The molecule has 21 heavy (non-hydrogen) atoms. The number of carbonyl (C=O) groups is 1. The lowest BCUT2D eigenvalue weighted by Crippen LogP contribution is -2.25. The van der Waals surface area contributed by atoms with E-state index in [4.69, 9.17) is 10.00 Å². The largest absolute Gasteiger partial charge is 0.492 e. The number of amides is 1. The van der Waals surface area contributed by atoms with Crippen LogP contribution in [0.4, 0.5) is 0 Å². The average Bonchev–Trinajstić information content (AvgIpc) is 3.00. The third kappa shape index (κ3) is 5.09. The van der Waals surface area contributed by atoms with Gasteiger partial charge in [-0.2, -0.15) is 5.26 Å². The van der Waals surface area contributed by atoms with Crippen LogP contribution in [-0.2, 0) is 11.3 Å². The van der Waals surface area contributed by atoms with Gasteiger partial charge in [-0.05, 0) is 32.0 Å². The van der Waals surface area contributed by atoms with Gasteiger partial charge in [0.2, 0.25) is 5.91 Å². The Morgan fingerprint density at radius 2 is 2.10 bits per heavy atom. The molecule has 1 aliphatic rings. The van der Waals surface area contributed by atoms with Gasteiger partial charge in [0.15, 0.2) is 0 Å². The van der Waals surface area contributed by atoms with Gasteiger partial charge < -0.3 is 10.1 Å². The van der Waals surface area contributed by atoms with Gasteiger partial charge in [-0.3, -0.25) is 9.69 Å². The Hall–Kier alpha value is -2.06. The molecule has 5 heteroatoms. The second-order valence-electron chi connectivity index (χ2n) is 5.12. The van der Waals surface area contributed by atoms with Crippen LogP contribution in [0.25, 0.3) is 0 Å². The fraction of sp³-hybridized carbons (Fsp3) is 0.500. The van der Waals surface area contributed by atoms with Crippen molar-refractivity contribution in [1.82, 2.24) is 10.2 Å². The lowest BCUT2D eigenvalue weighted by molar-refractivity contribution is -0.120. The van der Waals surface area contributed by atoms with Crippen LogP contribution in [0, 0.1) is 11.3 Å². The van der Waals surface area contributed by atoms with Gasteiger partial charge in [-0.1, -0.05) is 18.2 Å². The summed E-state index contributed by atoms with van der Waals surface area (Å²) < 4.78 is 5.83. The number of nitriles is 1. The number of hydrogen-bond acceptors (Lipinski definition) is 4. The van der Waals surface area contributed by atoms with E-state index in [0.29, 0.717) is 13.2 Å². The van der Waals surface area contributed by atoms with Crippen LogP contribution in [0.1, 0.15) is 24.8 Å². The molecule has 0 spiro atoms. The smallest absolute Gasteiger partial charge is 0.234 e. The van der Waals surface area contributed by atoms with Crippen LogP contribution in [0.3, 0.4) is 0 Å². The van der Waals surface area contributed by atoms with E-state index in [-0.39, 0.29) is 12.3 Å². The maximum atomic E-state index is 11.3. The van der Waals surface area contributed by atoms with Gasteiger partial charge in [0.05, 0.1) is 6.07 Å². The van der Waals surface area contributed by atoms with Crippen LogP contribution in [0.2, 0.25) is 0 Å². The van der Waals surface area contributed by atoms with Crippen LogP contribution in [-0.4, -0.2) is 37.0 Å². The highest BCUT2D eigenvalue weighted by molar-refractivity contribution is 5.78. The number of para-hydroxylation sites is 1. The third-order valence-corrected chi connectivity index (χ3v) is 3.55. The summed E-state index contributed by atoms with van der Waals surface area (Å²) in [6.45, 7) is 4.31. The molecule has 1 N–H and O–H groups in total. The summed E-state index contributed by atoms with van der Waals surface area (Å²) in [7, 11) is 0. The minimum Gasteiger partial charge on any atom is -0.492 e. The van der Waals surface area contributed by atoms with E-state index in [1.54, 1.807) is 0 Å². The van der Waals surface area contributed by atoms with Gasteiger partial charge in [0, 0.05) is 18.7 Å². The molecule has 0 atom stereocenters. The summed E-state index contributed by atoms with van der Waals surface area (Å²) in [5, 5.41) is 11.2. The van der Waals surface area contributed by atoms with Crippen molar-refractivity contribution < 1.29 is 9.53 Å². The lowest BCUT2D eigenvalue weighted by atomic mass is 10.2. The molecular weight excluding hydrogens is 266 g/mol. The molecule has 1 saturated heterocycles. The Bertz CT molecular complexity index is 504. The number of nitrogens with one attached hydrogen (secondary N) is 1. The number of ether oxygens (including phenoxy) is 1. The third-order valence-electron chi connectivity index (χ3n) is 3.55. The van der Waals surface area contributed by atoms with E-state index in [9.17, 15) is 4.79 Å². The number of carbonyl (C=O) groups excluding carboxylic acids is 1. The molecule has 0 radical (unpaired) electrons. The number of benzene rings is 1. The molecule has 1 aromatic carbocycles. The summed E-state index contributed by atoms with van der Waals surface area (Å²) >= 11 is 0. The number of rotatable bonds is 7. The molecule has 1 heterocycles. The summed E-state index contributed by atoms with van der Waals surface area (Å²) in [5.41, 5.74) is 0.935. The van der Waals surface area contributed by atoms with Crippen molar-refractivity contribution in [3.05, 3.63) is 29.8 Å². The van der Waals surface area contributed by atoms with Crippen molar-refractivity contribution in [2.75, 3.05) is 26.2 Å². The summed E-state index contributed by atoms with van der Waals surface area (Å²) in [6, 6.07) is 9.51.